The molecule has 6 heteroatoms. The van der Waals surface area contributed by atoms with Crippen LogP contribution in [0.4, 0.5) is 5.69 Å². The minimum Gasteiger partial charge on any atom is -0.493 e. The van der Waals surface area contributed by atoms with Crippen molar-refractivity contribution in [1.29, 1.82) is 0 Å². The quantitative estimate of drug-likeness (QED) is 0.338. The molecule has 0 aliphatic heterocycles. The highest BCUT2D eigenvalue weighted by atomic mass is 16.6. The van der Waals surface area contributed by atoms with Crippen LogP contribution < -0.4 is 4.74 Å². The van der Waals surface area contributed by atoms with Crippen molar-refractivity contribution < 1.29 is 19.2 Å². The van der Waals surface area contributed by atoms with E-state index in [1.165, 1.54) is 13.0 Å². The molecule has 0 aliphatic carbocycles. The van der Waals surface area contributed by atoms with E-state index in [0.717, 1.165) is 6.07 Å². The van der Waals surface area contributed by atoms with E-state index in [9.17, 15) is 19.7 Å². The van der Waals surface area contributed by atoms with Crippen molar-refractivity contribution in [3.63, 3.8) is 0 Å². The molecule has 0 heterocycles. The van der Waals surface area contributed by atoms with Gasteiger partial charge in [-0.1, -0.05) is 0 Å². The van der Waals surface area contributed by atoms with E-state index < -0.39 is 10.6 Å². The van der Waals surface area contributed by atoms with Crippen LogP contribution in [0.1, 0.15) is 34.6 Å². The molecular formula is C11H11NO5. The zero-order valence-corrected chi connectivity index (χ0v) is 9.43. The molecule has 1 aromatic carbocycles. The minimum absolute atomic E-state index is 0.0573. The van der Waals surface area contributed by atoms with Crippen molar-refractivity contribution in [2.75, 3.05) is 6.61 Å². The zero-order chi connectivity index (χ0) is 13.0. The Morgan fingerprint density at radius 1 is 1.53 bits per heavy atom. The smallest absolute Gasteiger partial charge is 0.284 e. The van der Waals surface area contributed by atoms with Gasteiger partial charge in [-0.2, -0.15) is 0 Å². The predicted octanol–water partition coefficient (Wildman–Crippen LogP) is 2.01. The fourth-order valence-electron chi connectivity index (χ4n) is 1.36. The normalized spacial score (nSPS) is 9.76. The average molecular weight is 237 g/mol. The summed E-state index contributed by atoms with van der Waals surface area (Å²) in [5, 5.41) is 10.8. The van der Waals surface area contributed by atoms with Gasteiger partial charge in [0.15, 0.2) is 12.1 Å². The number of ketones is 1. The van der Waals surface area contributed by atoms with Crippen LogP contribution >= 0.6 is 0 Å². The second-order valence-corrected chi connectivity index (χ2v) is 3.27. The molecule has 0 saturated carbocycles. The summed E-state index contributed by atoms with van der Waals surface area (Å²) in [4.78, 5) is 32.1. The SMILES string of the molecule is CCOc1cc(C(C)=O)cc([N+](=O)[O-])c1C=O. The summed E-state index contributed by atoms with van der Waals surface area (Å²) < 4.78 is 5.12. The van der Waals surface area contributed by atoms with Gasteiger partial charge < -0.3 is 4.74 Å². The number of carbonyl (C=O) groups excluding carboxylic acids is 2. The Labute approximate surface area is 97.3 Å². The number of hydrogen-bond acceptors (Lipinski definition) is 5. The number of ether oxygens (including phenoxy) is 1. The molecule has 0 bridgehead atoms. The van der Waals surface area contributed by atoms with Crippen LogP contribution in [0, 0.1) is 10.1 Å². The molecule has 0 saturated heterocycles. The molecule has 6 nitrogen and oxygen atoms in total. The first kappa shape index (κ1) is 12.8. The monoisotopic (exact) mass is 237 g/mol. The summed E-state index contributed by atoms with van der Waals surface area (Å²) in [7, 11) is 0. The summed E-state index contributed by atoms with van der Waals surface area (Å²) in [6, 6.07) is 2.41. The van der Waals surface area contributed by atoms with Crippen LogP contribution in [-0.4, -0.2) is 23.6 Å². The van der Waals surface area contributed by atoms with E-state index in [4.69, 9.17) is 4.74 Å². The second-order valence-electron chi connectivity index (χ2n) is 3.27. The minimum atomic E-state index is -0.710. The molecule has 0 amide bonds. The Bertz CT molecular complexity index is 481. The standard InChI is InChI=1S/C11H11NO5/c1-3-17-11-5-8(7(2)14)4-10(12(15)16)9(11)6-13/h4-6H,3H2,1-2H3. The Morgan fingerprint density at radius 2 is 2.18 bits per heavy atom. The summed E-state index contributed by atoms with van der Waals surface area (Å²) >= 11 is 0. The number of nitro benzene ring substituents is 1. The molecule has 1 aromatic rings. The lowest BCUT2D eigenvalue weighted by atomic mass is 10.1. The Kier molecular flexibility index (Phi) is 3.92. The fourth-order valence-corrected chi connectivity index (χ4v) is 1.36. The van der Waals surface area contributed by atoms with Gasteiger partial charge in [0.25, 0.3) is 5.69 Å². The summed E-state index contributed by atoms with van der Waals surface area (Å²) in [5.74, 6) is -0.270. The van der Waals surface area contributed by atoms with Crippen molar-refractivity contribution in [1.82, 2.24) is 0 Å². The lowest BCUT2D eigenvalue weighted by molar-refractivity contribution is -0.385. The molecule has 0 aliphatic rings. The summed E-state index contributed by atoms with van der Waals surface area (Å²) in [6.45, 7) is 3.22. The molecule has 0 N–H and O–H groups in total. The van der Waals surface area contributed by atoms with Crippen LogP contribution in [0.2, 0.25) is 0 Å². The van der Waals surface area contributed by atoms with Crippen LogP contribution in [0.25, 0.3) is 0 Å². The number of nitrogens with zero attached hydrogens (tertiary/aromatic N) is 1. The van der Waals surface area contributed by atoms with Gasteiger partial charge >= 0.3 is 0 Å². The lowest BCUT2D eigenvalue weighted by Crippen LogP contribution is -2.04. The van der Waals surface area contributed by atoms with E-state index in [0.29, 0.717) is 6.29 Å². The van der Waals surface area contributed by atoms with Crippen molar-refractivity contribution >= 4 is 17.8 Å². The van der Waals surface area contributed by atoms with Gasteiger partial charge in [-0.3, -0.25) is 19.7 Å². The van der Waals surface area contributed by atoms with E-state index in [2.05, 4.69) is 0 Å². The van der Waals surface area contributed by atoms with E-state index >= 15 is 0 Å². The predicted molar refractivity (Wildman–Crippen MR) is 59.7 cm³/mol. The van der Waals surface area contributed by atoms with Gasteiger partial charge in [0, 0.05) is 11.6 Å². The Balaban J connectivity index is 3.50. The van der Waals surface area contributed by atoms with Crippen molar-refractivity contribution in [2.24, 2.45) is 0 Å². The topological polar surface area (TPSA) is 86.5 Å². The van der Waals surface area contributed by atoms with Gasteiger partial charge in [-0.25, -0.2) is 0 Å². The highest BCUT2D eigenvalue weighted by Crippen LogP contribution is 2.29. The molecule has 0 atom stereocenters. The van der Waals surface area contributed by atoms with Gasteiger partial charge in [0.2, 0.25) is 0 Å². The molecule has 17 heavy (non-hydrogen) atoms. The average Bonchev–Trinajstić information content (AvgIpc) is 2.28. The number of nitro groups is 1. The van der Waals surface area contributed by atoms with Crippen LogP contribution in [0.3, 0.4) is 0 Å². The van der Waals surface area contributed by atoms with Gasteiger partial charge in [0.1, 0.15) is 11.3 Å². The molecule has 0 fully saturated rings. The van der Waals surface area contributed by atoms with Gasteiger partial charge in [-0.05, 0) is 19.9 Å². The van der Waals surface area contributed by atoms with Crippen LogP contribution in [0.15, 0.2) is 12.1 Å². The zero-order valence-electron chi connectivity index (χ0n) is 9.43. The fraction of sp³-hybridized carbons (Fsp3) is 0.273. The Morgan fingerprint density at radius 3 is 2.59 bits per heavy atom. The summed E-state index contributed by atoms with van der Waals surface area (Å²) in [5.41, 5.74) is -0.427. The lowest BCUT2D eigenvalue weighted by Gasteiger charge is -2.08. The number of aldehydes is 1. The molecule has 90 valence electrons. The number of carbonyl (C=O) groups is 2. The third-order valence-corrected chi connectivity index (χ3v) is 2.14. The van der Waals surface area contributed by atoms with E-state index in [1.54, 1.807) is 6.92 Å². The molecule has 0 unspecified atom stereocenters. The summed E-state index contributed by atoms with van der Waals surface area (Å²) in [6.07, 6.45) is 0.354. The third-order valence-electron chi connectivity index (χ3n) is 2.14. The third kappa shape index (κ3) is 2.66. The first-order chi connectivity index (χ1) is 8.01. The number of rotatable bonds is 5. The molecule has 0 aromatic heterocycles. The maximum atomic E-state index is 11.2. The van der Waals surface area contributed by atoms with Crippen LogP contribution in [-0.2, 0) is 0 Å². The molecule has 0 spiro atoms. The van der Waals surface area contributed by atoms with Gasteiger partial charge in [-0.15, -0.1) is 0 Å². The van der Waals surface area contributed by atoms with E-state index in [1.807, 2.05) is 0 Å². The maximum absolute atomic E-state index is 11.2. The molecule has 0 radical (unpaired) electrons. The first-order valence-corrected chi connectivity index (χ1v) is 4.92. The van der Waals surface area contributed by atoms with Crippen molar-refractivity contribution in [2.45, 2.75) is 13.8 Å². The van der Waals surface area contributed by atoms with Gasteiger partial charge in [0.05, 0.1) is 11.5 Å². The number of benzene rings is 1. The maximum Gasteiger partial charge on any atom is 0.284 e. The highest BCUT2D eigenvalue weighted by molar-refractivity contribution is 5.97. The first-order valence-electron chi connectivity index (χ1n) is 4.92. The van der Waals surface area contributed by atoms with Crippen LogP contribution in [0.5, 0.6) is 5.75 Å². The van der Waals surface area contributed by atoms with Crippen molar-refractivity contribution in [3.8, 4) is 5.75 Å². The number of hydrogen-bond donors (Lipinski definition) is 0. The second kappa shape index (κ2) is 5.20. The number of Topliss-reactive ketones (excluding diaryl/α,β-unsaturated/α-hetero) is 1. The highest BCUT2D eigenvalue weighted by Gasteiger charge is 2.21. The largest absolute Gasteiger partial charge is 0.493 e. The molecule has 1 rings (SSSR count). The van der Waals surface area contributed by atoms with Crippen molar-refractivity contribution in [3.05, 3.63) is 33.4 Å². The Hall–Kier alpha value is -2.24. The molecular weight excluding hydrogens is 226 g/mol. The van der Waals surface area contributed by atoms with E-state index in [-0.39, 0.29) is 29.3 Å².